The van der Waals surface area contributed by atoms with Gasteiger partial charge in [-0.3, -0.25) is 0 Å². The molecule has 0 bridgehead atoms. The van der Waals surface area contributed by atoms with Gasteiger partial charge in [0.1, 0.15) is 17.3 Å². The highest BCUT2D eigenvalue weighted by atomic mass is 19.4. The summed E-state index contributed by atoms with van der Waals surface area (Å²) in [7, 11) is 0. The fraction of sp³-hybridized carbons (Fsp3) is 0.250. The summed E-state index contributed by atoms with van der Waals surface area (Å²) in [4.78, 5) is 23.9. The SMILES string of the molecule is O=C(Nc1cccc(F)c1)N1CCN(c2nccc3nc(C(F)(F)F)ccc23)CC1. The molecule has 1 saturated heterocycles. The monoisotopic (exact) mass is 419 g/mol. The third kappa shape index (κ3) is 4.12. The number of nitrogens with one attached hydrogen (secondary N) is 1. The van der Waals surface area contributed by atoms with Gasteiger partial charge in [0.15, 0.2) is 0 Å². The Bertz CT molecular complexity index is 1080. The van der Waals surface area contributed by atoms with Crippen LogP contribution in [0.25, 0.3) is 10.9 Å². The second-order valence-corrected chi connectivity index (χ2v) is 6.81. The van der Waals surface area contributed by atoms with Crippen LogP contribution in [0.2, 0.25) is 0 Å². The van der Waals surface area contributed by atoms with E-state index in [1.165, 1.54) is 36.5 Å². The number of aromatic nitrogens is 2. The van der Waals surface area contributed by atoms with E-state index in [9.17, 15) is 22.4 Å². The second-order valence-electron chi connectivity index (χ2n) is 6.81. The van der Waals surface area contributed by atoms with Gasteiger partial charge in [-0.15, -0.1) is 0 Å². The molecule has 10 heteroatoms. The topological polar surface area (TPSA) is 61.4 Å². The van der Waals surface area contributed by atoms with Crippen LogP contribution < -0.4 is 10.2 Å². The zero-order chi connectivity index (χ0) is 21.3. The molecular weight excluding hydrogens is 402 g/mol. The van der Waals surface area contributed by atoms with Crippen molar-refractivity contribution in [2.24, 2.45) is 0 Å². The highest BCUT2D eigenvalue weighted by Crippen LogP contribution is 2.31. The lowest BCUT2D eigenvalue weighted by Gasteiger charge is -2.35. The number of piperazine rings is 1. The van der Waals surface area contributed by atoms with E-state index < -0.39 is 17.7 Å². The number of urea groups is 1. The van der Waals surface area contributed by atoms with E-state index in [0.717, 1.165) is 6.07 Å². The molecule has 3 heterocycles. The van der Waals surface area contributed by atoms with Crippen LogP contribution in [0.4, 0.5) is 33.9 Å². The minimum Gasteiger partial charge on any atom is -0.353 e. The minimum absolute atomic E-state index is 0.209. The van der Waals surface area contributed by atoms with Gasteiger partial charge >= 0.3 is 12.2 Å². The van der Waals surface area contributed by atoms with Crippen molar-refractivity contribution in [2.45, 2.75) is 6.18 Å². The molecular formula is C20H17F4N5O. The molecule has 1 fully saturated rings. The standard InChI is InChI=1S/C20H17F4N5O/c21-13-2-1-3-14(12-13)26-19(30)29-10-8-28(9-11-29)18-15-4-5-17(20(22,23)24)27-16(15)6-7-25-18/h1-7,12H,8-11H2,(H,26,30). The van der Waals surface area contributed by atoms with Crippen LogP contribution in [0, 0.1) is 5.82 Å². The largest absolute Gasteiger partial charge is 0.433 e. The number of carbonyl (C=O) groups excluding carboxylic acids is 1. The molecule has 2 aromatic heterocycles. The van der Waals surface area contributed by atoms with Gasteiger partial charge in [0, 0.05) is 43.4 Å². The van der Waals surface area contributed by atoms with Crippen molar-refractivity contribution < 1.29 is 22.4 Å². The zero-order valence-electron chi connectivity index (χ0n) is 15.7. The first-order valence-corrected chi connectivity index (χ1v) is 9.21. The fourth-order valence-corrected chi connectivity index (χ4v) is 3.34. The van der Waals surface area contributed by atoms with Crippen LogP contribution in [0.1, 0.15) is 5.69 Å². The maximum atomic E-state index is 13.3. The molecule has 0 aliphatic carbocycles. The molecule has 1 N–H and O–H groups in total. The summed E-state index contributed by atoms with van der Waals surface area (Å²) in [6, 6.07) is 9.03. The molecule has 2 amide bonds. The molecule has 0 saturated carbocycles. The molecule has 0 spiro atoms. The Morgan fingerprint density at radius 3 is 2.50 bits per heavy atom. The molecule has 0 radical (unpaired) electrons. The number of carbonyl (C=O) groups is 1. The van der Waals surface area contributed by atoms with Crippen LogP contribution in [0.3, 0.4) is 0 Å². The molecule has 4 rings (SSSR count). The zero-order valence-corrected chi connectivity index (χ0v) is 15.7. The maximum Gasteiger partial charge on any atom is 0.433 e. The van der Waals surface area contributed by atoms with Crippen molar-refractivity contribution in [1.29, 1.82) is 0 Å². The summed E-state index contributed by atoms with van der Waals surface area (Å²) in [5.74, 6) is 0.0841. The van der Waals surface area contributed by atoms with Gasteiger partial charge in [0.25, 0.3) is 0 Å². The number of nitrogens with zero attached hydrogens (tertiary/aromatic N) is 4. The lowest BCUT2D eigenvalue weighted by molar-refractivity contribution is -0.140. The normalized spacial score (nSPS) is 14.8. The fourth-order valence-electron chi connectivity index (χ4n) is 3.34. The van der Waals surface area contributed by atoms with Crippen LogP contribution >= 0.6 is 0 Å². The molecule has 1 aliphatic heterocycles. The smallest absolute Gasteiger partial charge is 0.353 e. The van der Waals surface area contributed by atoms with Crippen molar-refractivity contribution in [2.75, 3.05) is 36.4 Å². The highest BCUT2D eigenvalue weighted by molar-refractivity contribution is 5.91. The average molecular weight is 419 g/mol. The van der Waals surface area contributed by atoms with Crippen molar-refractivity contribution in [3.8, 4) is 0 Å². The van der Waals surface area contributed by atoms with Gasteiger partial charge in [-0.2, -0.15) is 13.2 Å². The first-order chi connectivity index (χ1) is 14.3. The van der Waals surface area contributed by atoms with E-state index in [4.69, 9.17) is 0 Å². The Labute approximate surface area is 169 Å². The first kappa shape index (κ1) is 19.9. The van der Waals surface area contributed by atoms with Crippen molar-refractivity contribution in [3.63, 3.8) is 0 Å². The summed E-state index contributed by atoms with van der Waals surface area (Å²) in [6.45, 7) is 1.66. The summed E-state index contributed by atoms with van der Waals surface area (Å²) >= 11 is 0. The third-order valence-electron chi connectivity index (χ3n) is 4.83. The Kier molecular flexibility index (Phi) is 5.15. The predicted octanol–water partition coefficient (Wildman–Crippen LogP) is 4.14. The molecule has 1 aliphatic rings. The molecule has 156 valence electrons. The van der Waals surface area contributed by atoms with Gasteiger partial charge in [-0.25, -0.2) is 19.2 Å². The number of anilines is 2. The summed E-state index contributed by atoms with van der Waals surface area (Å²) < 4.78 is 52.0. The van der Waals surface area contributed by atoms with E-state index in [1.54, 1.807) is 11.0 Å². The van der Waals surface area contributed by atoms with Gasteiger partial charge in [-0.05, 0) is 36.4 Å². The number of benzene rings is 1. The first-order valence-electron chi connectivity index (χ1n) is 9.21. The Morgan fingerprint density at radius 1 is 1.03 bits per heavy atom. The van der Waals surface area contributed by atoms with Crippen molar-refractivity contribution >= 4 is 28.4 Å². The Morgan fingerprint density at radius 2 is 1.80 bits per heavy atom. The second kappa shape index (κ2) is 7.77. The molecule has 0 unspecified atom stereocenters. The number of amides is 2. The third-order valence-corrected chi connectivity index (χ3v) is 4.83. The molecule has 6 nitrogen and oxygen atoms in total. The van der Waals surface area contributed by atoms with Gasteiger partial charge in [0.2, 0.25) is 0 Å². The predicted molar refractivity (Wildman–Crippen MR) is 104 cm³/mol. The van der Waals surface area contributed by atoms with Crippen LogP contribution in [-0.2, 0) is 6.18 Å². The highest BCUT2D eigenvalue weighted by Gasteiger charge is 2.33. The number of hydrogen-bond acceptors (Lipinski definition) is 4. The lowest BCUT2D eigenvalue weighted by atomic mass is 10.2. The maximum absolute atomic E-state index is 13.3. The van der Waals surface area contributed by atoms with E-state index >= 15 is 0 Å². The summed E-state index contributed by atoms with van der Waals surface area (Å²) in [6.07, 6.45) is -3.09. The number of rotatable bonds is 2. The van der Waals surface area contributed by atoms with Crippen molar-refractivity contribution in [1.82, 2.24) is 14.9 Å². The van der Waals surface area contributed by atoms with E-state index in [1.807, 2.05) is 4.90 Å². The van der Waals surface area contributed by atoms with Crippen molar-refractivity contribution in [3.05, 3.63) is 60.2 Å². The number of pyridine rings is 2. The summed E-state index contributed by atoms with van der Waals surface area (Å²) in [5, 5.41) is 3.17. The molecule has 30 heavy (non-hydrogen) atoms. The number of halogens is 4. The van der Waals surface area contributed by atoms with Gasteiger partial charge < -0.3 is 15.1 Å². The quantitative estimate of drug-likeness (QED) is 0.635. The van der Waals surface area contributed by atoms with Gasteiger partial charge in [0.05, 0.1) is 5.52 Å². The number of hydrogen-bond donors (Lipinski definition) is 1. The Hall–Kier alpha value is -3.43. The number of alkyl halides is 3. The molecule has 1 aromatic carbocycles. The number of fused-ring (bicyclic) bond motifs is 1. The van der Waals surface area contributed by atoms with E-state index in [2.05, 4.69) is 15.3 Å². The Balaban J connectivity index is 1.46. The lowest BCUT2D eigenvalue weighted by Crippen LogP contribution is -2.50. The molecule has 3 aromatic rings. The van der Waals surface area contributed by atoms with Crippen LogP contribution in [-0.4, -0.2) is 47.1 Å². The minimum atomic E-state index is -4.52. The van der Waals surface area contributed by atoms with E-state index in [-0.39, 0.29) is 11.5 Å². The van der Waals surface area contributed by atoms with Crippen LogP contribution in [0.5, 0.6) is 0 Å². The van der Waals surface area contributed by atoms with Crippen LogP contribution in [0.15, 0.2) is 48.7 Å². The van der Waals surface area contributed by atoms with E-state index in [0.29, 0.717) is 43.1 Å². The average Bonchev–Trinajstić information content (AvgIpc) is 2.72. The molecule has 0 atom stereocenters. The van der Waals surface area contributed by atoms with Gasteiger partial charge in [-0.1, -0.05) is 6.07 Å². The summed E-state index contributed by atoms with van der Waals surface area (Å²) in [5.41, 5.74) is -0.378.